The number of nitrogens with zero attached hydrogens (tertiary/aromatic N) is 3. The SMILES string of the molecule is O=C(NCCCc1ccccc1)c1cc2n(n1)CCN(Cc1ccc(F)cc1)C2=O. The van der Waals surface area contributed by atoms with Crippen LogP contribution in [0.3, 0.4) is 0 Å². The number of rotatable bonds is 7. The lowest BCUT2D eigenvalue weighted by atomic mass is 10.1. The lowest BCUT2D eigenvalue weighted by Crippen LogP contribution is -2.39. The van der Waals surface area contributed by atoms with Crippen LogP contribution in [0.25, 0.3) is 0 Å². The molecule has 7 heteroatoms. The van der Waals surface area contributed by atoms with E-state index in [-0.39, 0.29) is 23.3 Å². The Bertz CT molecular complexity index is 1030. The molecule has 0 aliphatic carbocycles. The molecule has 2 aromatic carbocycles. The first-order valence-corrected chi connectivity index (χ1v) is 10.0. The van der Waals surface area contributed by atoms with Gasteiger partial charge in [0.05, 0.1) is 6.54 Å². The van der Waals surface area contributed by atoms with Crippen LogP contribution in [0.5, 0.6) is 0 Å². The quantitative estimate of drug-likeness (QED) is 0.614. The van der Waals surface area contributed by atoms with Crippen LogP contribution in [0.4, 0.5) is 4.39 Å². The predicted molar refractivity (Wildman–Crippen MR) is 110 cm³/mol. The first-order valence-electron chi connectivity index (χ1n) is 10.0. The number of fused-ring (bicyclic) bond motifs is 1. The van der Waals surface area contributed by atoms with Gasteiger partial charge >= 0.3 is 0 Å². The van der Waals surface area contributed by atoms with Crippen molar-refractivity contribution in [3.05, 3.63) is 89.0 Å². The van der Waals surface area contributed by atoms with Gasteiger partial charge in [0, 0.05) is 25.7 Å². The normalized spacial score (nSPS) is 13.2. The van der Waals surface area contributed by atoms with Crippen molar-refractivity contribution in [3.8, 4) is 0 Å². The third-order valence-electron chi connectivity index (χ3n) is 5.16. The summed E-state index contributed by atoms with van der Waals surface area (Å²) in [6.45, 7) is 1.94. The van der Waals surface area contributed by atoms with E-state index in [0.29, 0.717) is 31.9 Å². The molecule has 0 radical (unpaired) electrons. The average Bonchev–Trinajstić information content (AvgIpc) is 3.21. The highest BCUT2D eigenvalue weighted by Crippen LogP contribution is 2.17. The molecule has 0 atom stereocenters. The van der Waals surface area contributed by atoms with Crippen molar-refractivity contribution in [2.45, 2.75) is 25.9 Å². The highest BCUT2D eigenvalue weighted by Gasteiger charge is 2.27. The number of halogens is 1. The van der Waals surface area contributed by atoms with E-state index in [9.17, 15) is 14.0 Å². The molecular weight excluding hydrogens is 383 g/mol. The van der Waals surface area contributed by atoms with Crippen LogP contribution in [-0.2, 0) is 19.5 Å². The summed E-state index contributed by atoms with van der Waals surface area (Å²) in [5, 5.41) is 7.17. The van der Waals surface area contributed by atoms with Crippen molar-refractivity contribution in [1.29, 1.82) is 0 Å². The Balaban J connectivity index is 1.33. The monoisotopic (exact) mass is 406 g/mol. The maximum Gasteiger partial charge on any atom is 0.272 e. The van der Waals surface area contributed by atoms with Crippen molar-refractivity contribution >= 4 is 11.8 Å². The summed E-state index contributed by atoms with van der Waals surface area (Å²) in [4.78, 5) is 26.9. The van der Waals surface area contributed by atoms with Gasteiger partial charge in [-0.05, 0) is 36.1 Å². The van der Waals surface area contributed by atoms with Crippen LogP contribution in [-0.4, -0.2) is 39.6 Å². The molecule has 0 saturated carbocycles. The molecule has 4 rings (SSSR count). The third kappa shape index (κ3) is 4.56. The fourth-order valence-electron chi connectivity index (χ4n) is 3.54. The Hall–Kier alpha value is -3.48. The van der Waals surface area contributed by atoms with E-state index in [1.54, 1.807) is 27.8 Å². The Labute approximate surface area is 174 Å². The molecule has 0 unspecified atom stereocenters. The number of benzene rings is 2. The van der Waals surface area contributed by atoms with Gasteiger partial charge in [0.1, 0.15) is 11.5 Å². The number of carbonyl (C=O) groups is 2. The molecule has 6 nitrogen and oxygen atoms in total. The van der Waals surface area contributed by atoms with Crippen LogP contribution in [0.1, 0.15) is 38.5 Å². The van der Waals surface area contributed by atoms with Crippen molar-refractivity contribution in [2.75, 3.05) is 13.1 Å². The second-order valence-corrected chi connectivity index (χ2v) is 7.34. The zero-order valence-electron chi connectivity index (χ0n) is 16.6. The standard InChI is InChI=1S/C23H23FN4O2/c24-19-10-8-18(9-11-19)16-27-13-14-28-21(23(27)30)15-20(26-28)22(29)25-12-4-7-17-5-2-1-3-6-17/h1-3,5-6,8-11,15H,4,7,12-14,16H2,(H,25,29). The first-order chi connectivity index (χ1) is 14.6. The van der Waals surface area contributed by atoms with Gasteiger partial charge in [0.25, 0.3) is 11.8 Å². The van der Waals surface area contributed by atoms with E-state index in [1.165, 1.54) is 17.7 Å². The summed E-state index contributed by atoms with van der Waals surface area (Å²) >= 11 is 0. The van der Waals surface area contributed by atoms with Gasteiger partial charge in [0.15, 0.2) is 5.69 Å². The molecule has 1 N–H and O–H groups in total. The maximum atomic E-state index is 13.1. The first kappa shape index (κ1) is 19.8. The Morgan fingerprint density at radius 3 is 2.57 bits per heavy atom. The van der Waals surface area contributed by atoms with E-state index in [2.05, 4.69) is 22.5 Å². The number of hydrogen-bond acceptors (Lipinski definition) is 3. The highest BCUT2D eigenvalue weighted by molar-refractivity contribution is 5.98. The molecule has 1 aliphatic heterocycles. The molecule has 0 fully saturated rings. The van der Waals surface area contributed by atoms with E-state index in [0.717, 1.165) is 18.4 Å². The summed E-state index contributed by atoms with van der Waals surface area (Å²) < 4.78 is 14.7. The van der Waals surface area contributed by atoms with Crippen LogP contribution in [0.2, 0.25) is 0 Å². The number of aromatic nitrogens is 2. The van der Waals surface area contributed by atoms with Crippen molar-refractivity contribution in [2.24, 2.45) is 0 Å². The van der Waals surface area contributed by atoms with E-state index in [1.807, 2.05) is 18.2 Å². The van der Waals surface area contributed by atoms with Crippen molar-refractivity contribution < 1.29 is 14.0 Å². The number of hydrogen-bond donors (Lipinski definition) is 1. The Morgan fingerprint density at radius 1 is 1.03 bits per heavy atom. The number of carbonyl (C=O) groups excluding carboxylic acids is 2. The smallest absolute Gasteiger partial charge is 0.272 e. The van der Waals surface area contributed by atoms with E-state index < -0.39 is 0 Å². The number of amides is 2. The molecule has 0 spiro atoms. The molecule has 1 aliphatic rings. The fourth-order valence-corrected chi connectivity index (χ4v) is 3.54. The summed E-state index contributed by atoms with van der Waals surface area (Å²) in [6, 6.07) is 17.8. The minimum atomic E-state index is -0.304. The molecule has 0 saturated heterocycles. The summed E-state index contributed by atoms with van der Waals surface area (Å²) in [5.74, 6) is -0.759. The minimum absolute atomic E-state index is 0.179. The molecule has 2 amide bonds. The summed E-state index contributed by atoms with van der Waals surface area (Å²) in [5.41, 5.74) is 2.74. The Morgan fingerprint density at radius 2 is 1.80 bits per heavy atom. The number of nitrogens with one attached hydrogen (secondary N) is 1. The lowest BCUT2D eigenvalue weighted by molar-refractivity contribution is 0.0683. The molecule has 3 aromatic rings. The topological polar surface area (TPSA) is 67.2 Å². The highest BCUT2D eigenvalue weighted by atomic mass is 19.1. The molecule has 30 heavy (non-hydrogen) atoms. The van der Waals surface area contributed by atoms with E-state index in [4.69, 9.17) is 0 Å². The van der Waals surface area contributed by atoms with Gasteiger partial charge in [-0.1, -0.05) is 42.5 Å². The lowest BCUT2D eigenvalue weighted by Gasteiger charge is -2.27. The van der Waals surface area contributed by atoms with Gasteiger partial charge in [-0.2, -0.15) is 5.10 Å². The second kappa shape index (κ2) is 8.90. The van der Waals surface area contributed by atoms with Gasteiger partial charge in [0.2, 0.25) is 0 Å². The van der Waals surface area contributed by atoms with Gasteiger partial charge in [-0.25, -0.2) is 4.39 Å². The average molecular weight is 406 g/mol. The number of aryl methyl sites for hydroxylation is 1. The molecular formula is C23H23FN4O2. The van der Waals surface area contributed by atoms with Crippen LogP contribution < -0.4 is 5.32 Å². The molecule has 2 heterocycles. The molecule has 1 aromatic heterocycles. The minimum Gasteiger partial charge on any atom is -0.351 e. The summed E-state index contributed by atoms with van der Waals surface area (Å²) in [7, 11) is 0. The fraction of sp³-hybridized carbons (Fsp3) is 0.261. The zero-order chi connectivity index (χ0) is 20.9. The summed E-state index contributed by atoms with van der Waals surface area (Å²) in [6.07, 6.45) is 1.71. The van der Waals surface area contributed by atoms with Crippen LogP contribution >= 0.6 is 0 Å². The van der Waals surface area contributed by atoms with Gasteiger partial charge in [-0.15, -0.1) is 0 Å². The van der Waals surface area contributed by atoms with Gasteiger partial charge in [-0.3, -0.25) is 14.3 Å². The van der Waals surface area contributed by atoms with Crippen molar-refractivity contribution in [1.82, 2.24) is 20.0 Å². The Kier molecular flexibility index (Phi) is 5.88. The predicted octanol–water partition coefficient (Wildman–Crippen LogP) is 3.04. The van der Waals surface area contributed by atoms with E-state index >= 15 is 0 Å². The largest absolute Gasteiger partial charge is 0.351 e. The molecule has 0 bridgehead atoms. The molecule has 154 valence electrons. The van der Waals surface area contributed by atoms with Crippen LogP contribution in [0.15, 0.2) is 60.7 Å². The zero-order valence-corrected chi connectivity index (χ0v) is 16.6. The van der Waals surface area contributed by atoms with Crippen molar-refractivity contribution in [3.63, 3.8) is 0 Å². The van der Waals surface area contributed by atoms with Crippen LogP contribution in [0, 0.1) is 5.82 Å². The maximum absolute atomic E-state index is 13.1. The third-order valence-corrected chi connectivity index (χ3v) is 5.16. The second-order valence-electron chi connectivity index (χ2n) is 7.34. The van der Waals surface area contributed by atoms with Gasteiger partial charge < -0.3 is 10.2 Å².